The second kappa shape index (κ2) is 5.07. The maximum absolute atomic E-state index is 12.9. The Kier molecular flexibility index (Phi) is 3.68. The van der Waals surface area contributed by atoms with Gasteiger partial charge in [0, 0.05) is 11.4 Å². The molecular formula is C11H7BrClFN2O2. The van der Waals surface area contributed by atoms with E-state index in [9.17, 15) is 14.3 Å². The SMILES string of the molecule is O=c1[nH]c(Cc2ccc(F)cc2Cl)nc(O)c1Br. The molecule has 2 N–H and O–H groups in total. The van der Waals surface area contributed by atoms with Crippen LogP contribution >= 0.6 is 27.5 Å². The lowest BCUT2D eigenvalue weighted by Crippen LogP contribution is -2.12. The summed E-state index contributed by atoms with van der Waals surface area (Å²) < 4.78 is 12.8. The number of aromatic amines is 1. The van der Waals surface area contributed by atoms with Gasteiger partial charge in [-0.15, -0.1) is 0 Å². The van der Waals surface area contributed by atoms with Crippen LogP contribution in [-0.2, 0) is 6.42 Å². The number of nitrogens with zero attached hydrogens (tertiary/aromatic N) is 1. The average Bonchev–Trinajstić information content (AvgIpc) is 2.29. The van der Waals surface area contributed by atoms with E-state index in [4.69, 9.17) is 11.6 Å². The van der Waals surface area contributed by atoms with Crippen molar-refractivity contribution < 1.29 is 9.50 Å². The Bertz CT molecular complexity index is 660. The Hall–Kier alpha value is -1.40. The molecule has 0 saturated carbocycles. The normalized spacial score (nSPS) is 10.6. The van der Waals surface area contributed by atoms with Crippen LogP contribution in [0.25, 0.3) is 0 Å². The number of hydrogen-bond donors (Lipinski definition) is 2. The van der Waals surface area contributed by atoms with Crippen molar-refractivity contribution in [3.8, 4) is 5.88 Å². The van der Waals surface area contributed by atoms with Gasteiger partial charge in [0.15, 0.2) is 0 Å². The zero-order valence-corrected chi connectivity index (χ0v) is 11.2. The molecule has 0 saturated heterocycles. The van der Waals surface area contributed by atoms with Crippen molar-refractivity contribution in [3.63, 3.8) is 0 Å². The van der Waals surface area contributed by atoms with E-state index < -0.39 is 17.3 Å². The van der Waals surface area contributed by atoms with Gasteiger partial charge in [0.2, 0.25) is 5.88 Å². The number of H-pyrrole nitrogens is 1. The average molecular weight is 334 g/mol. The zero-order chi connectivity index (χ0) is 13.3. The minimum Gasteiger partial charge on any atom is -0.492 e. The number of nitrogens with one attached hydrogen (secondary N) is 1. The van der Waals surface area contributed by atoms with E-state index in [2.05, 4.69) is 25.9 Å². The Balaban J connectivity index is 2.37. The third-order valence-corrected chi connectivity index (χ3v) is 3.33. The molecule has 7 heteroatoms. The molecule has 4 nitrogen and oxygen atoms in total. The predicted octanol–water partition coefficient (Wildman–Crippen LogP) is 2.62. The van der Waals surface area contributed by atoms with Gasteiger partial charge in [0.25, 0.3) is 5.56 Å². The lowest BCUT2D eigenvalue weighted by atomic mass is 10.1. The minimum atomic E-state index is -0.490. The van der Waals surface area contributed by atoms with Crippen molar-refractivity contribution in [3.05, 3.63) is 55.3 Å². The molecule has 0 spiro atoms. The van der Waals surface area contributed by atoms with Crippen molar-refractivity contribution >= 4 is 27.5 Å². The quantitative estimate of drug-likeness (QED) is 0.888. The summed E-state index contributed by atoms with van der Waals surface area (Å²) in [6, 6.07) is 3.93. The third kappa shape index (κ3) is 2.70. The molecule has 0 aliphatic rings. The van der Waals surface area contributed by atoms with Gasteiger partial charge >= 0.3 is 0 Å². The van der Waals surface area contributed by atoms with Gasteiger partial charge in [-0.2, -0.15) is 4.98 Å². The first-order chi connectivity index (χ1) is 8.47. The number of rotatable bonds is 2. The lowest BCUT2D eigenvalue weighted by Gasteiger charge is -2.05. The van der Waals surface area contributed by atoms with Crippen LogP contribution in [0.2, 0.25) is 5.02 Å². The molecule has 0 atom stereocenters. The molecule has 0 amide bonds. The minimum absolute atomic E-state index is 0.0311. The van der Waals surface area contributed by atoms with E-state index >= 15 is 0 Å². The van der Waals surface area contributed by atoms with Crippen LogP contribution in [0.15, 0.2) is 27.5 Å². The van der Waals surface area contributed by atoms with Crippen LogP contribution in [0.4, 0.5) is 4.39 Å². The van der Waals surface area contributed by atoms with Gasteiger partial charge in [0.1, 0.15) is 16.1 Å². The van der Waals surface area contributed by atoms with E-state index in [0.29, 0.717) is 5.56 Å². The smallest absolute Gasteiger partial charge is 0.269 e. The van der Waals surface area contributed by atoms with Gasteiger partial charge in [-0.1, -0.05) is 17.7 Å². The van der Waals surface area contributed by atoms with Crippen LogP contribution in [0, 0.1) is 5.82 Å². The molecule has 0 radical (unpaired) electrons. The van der Waals surface area contributed by atoms with Crippen LogP contribution in [-0.4, -0.2) is 15.1 Å². The van der Waals surface area contributed by atoms with Crippen LogP contribution in [0.3, 0.4) is 0 Å². The summed E-state index contributed by atoms with van der Waals surface area (Å²) in [5, 5.41) is 9.64. The summed E-state index contributed by atoms with van der Waals surface area (Å²) in [4.78, 5) is 17.7. The first kappa shape index (κ1) is 13.0. The van der Waals surface area contributed by atoms with E-state index in [0.717, 1.165) is 0 Å². The van der Waals surface area contributed by atoms with Crippen molar-refractivity contribution in [2.24, 2.45) is 0 Å². The predicted molar refractivity (Wildman–Crippen MR) is 68.4 cm³/mol. The van der Waals surface area contributed by atoms with Gasteiger partial charge < -0.3 is 10.1 Å². The van der Waals surface area contributed by atoms with Crippen molar-refractivity contribution in [1.82, 2.24) is 9.97 Å². The summed E-state index contributed by atoms with van der Waals surface area (Å²) in [5.41, 5.74) is 0.110. The van der Waals surface area contributed by atoms with Gasteiger partial charge in [-0.25, -0.2) is 4.39 Å². The Labute approximate surface area is 115 Å². The maximum atomic E-state index is 12.9. The Morgan fingerprint density at radius 2 is 2.22 bits per heavy atom. The molecule has 2 rings (SSSR count). The highest BCUT2D eigenvalue weighted by atomic mass is 79.9. The fourth-order valence-electron chi connectivity index (χ4n) is 1.42. The van der Waals surface area contributed by atoms with E-state index in [1.807, 2.05) is 0 Å². The summed E-state index contributed by atoms with van der Waals surface area (Å²) in [6.07, 6.45) is 0.190. The first-order valence-corrected chi connectivity index (χ1v) is 6.06. The molecular weight excluding hydrogens is 326 g/mol. The monoisotopic (exact) mass is 332 g/mol. The largest absolute Gasteiger partial charge is 0.492 e. The topological polar surface area (TPSA) is 66.0 Å². The first-order valence-electron chi connectivity index (χ1n) is 4.89. The van der Waals surface area contributed by atoms with Crippen molar-refractivity contribution in [1.29, 1.82) is 0 Å². The van der Waals surface area contributed by atoms with Crippen molar-refractivity contribution in [2.45, 2.75) is 6.42 Å². The zero-order valence-electron chi connectivity index (χ0n) is 8.88. The van der Waals surface area contributed by atoms with E-state index in [1.54, 1.807) is 0 Å². The fraction of sp³-hybridized carbons (Fsp3) is 0.0909. The molecule has 1 aromatic heterocycles. The number of aromatic hydroxyl groups is 1. The highest BCUT2D eigenvalue weighted by Crippen LogP contribution is 2.21. The summed E-state index contributed by atoms with van der Waals surface area (Å²) in [6.45, 7) is 0. The highest BCUT2D eigenvalue weighted by Gasteiger charge is 2.10. The van der Waals surface area contributed by atoms with Crippen LogP contribution in [0.1, 0.15) is 11.4 Å². The number of aromatic nitrogens is 2. The molecule has 0 bridgehead atoms. The van der Waals surface area contributed by atoms with Gasteiger partial charge in [0.05, 0.1) is 0 Å². The highest BCUT2D eigenvalue weighted by molar-refractivity contribution is 9.10. The molecule has 1 aromatic carbocycles. The molecule has 0 aliphatic heterocycles. The fourth-order valence-corrected chi connectivity index (χ4v) is 1.84. The van der Waals surface area contributed by atoms with E-state index in [-0.39, 0.29) is 21.7 Å². The summed E-state index contributed by atoms with van der Waals surface area (Å²) >= 11 is 8.75. The Morgan fingerprint density at radius 3 is 2.83 bits per heavy atom. The molecule has 0 fully saturated rings. The maximum Gasteiger partial charge on any atom is 0.269 e. The molecule has 1 heterocycles. The Morgan fingerprint density at radius 1 is 1.50 bits per heavy atom. The summed E-state index contributed by atoms with van der Waals surface area (Å²) in [5.74, 6) is -0.593. The standard InChI is InChI=1S/C11H7BrClFN2O2/c12-9-10(17)15-8(16-11(9)18)3-5-1-2-6(14)4-7(5)13/h1-2,4H,3H2,(H2,15,16,17,18). The van der Waals surface area contributed by atoms with Crippen LogP contribution in [0.5, 0.6) is 5.88 Å². The third-order valence-electron chi connectivity index (χ3n) is 2.27. The second-order valence-electron chi connectivity index (χ2n) is 3.56. The summed E-state index contributed by atoms with van der Waals surface area (Å²) in [7, 11) is 0. The van der Waals surface area contributed by atoms with E-state index in [1.165, 1.54) is 18.2 Å². The number of hydrogen-bond acceptors (Lipinski definition) is 3. The molecule has 0 aliphatic carbocycles. The lowest BCUT2D eigenvalue weighted by molar-refractivity contribution is 0.444. The van der Waals surface area contributed by atoms with Gasteiger partial charge in [-0.05, 0) is 33.6 Å². The van der Waals surface area contributed by atoms with Crippen LogP contribution < -0.4 is 5.56 Å². The number of halogens is 3. The molecule has 0 unspecified atom stereocenters. The van der Waals surface area contributed by atoms with Crippen molar-refractivity contribution in [2.75, 3.05) is 0 Å². The van der Waals surface area contributed by atoms with Gasteiger partial charge in [-0.3, -0.25) is 4.79 Å². The molecule has 94 valence electrons. The molecule has 2 aromatic rings. The second-order valence-corrected chi connectivity index (χ2v) is 4.76. The molecule has 18 heavy (non-hydrogen) atoms. The number of benzene rings is 1.